The summed E-state index contributed by atoms with van der Waals surface area (Å²) in [5, 5.41) is 1.37. The van der Waals surface area contributed by atoms with E-state index in [2.05, 4.69) is 132 Å². The number of allylic oxidation sites excluding steroid dienone is 2. The monoisotopic (exact) mass is 598 g/mol. The van der Waals surface area contributed by atoms with E-state index in [1.807, 2.05) is 0 Å². The van der Waals surface area contributed by atoms with Gasteiger partial charge in [-0.15, -0.1) is 0 Å². The van der Waals surface area contributed by atoms with E-state index < -0.39 is 23.2 Å². The molecule has 37 heavy (non-hydrogen) atoms. The van der Waals surface area contributed by atoms with Crippen molar-refractivity contribution >= 4 is 28.8 Å². The number of aryl methyl sites for hydroxylation is 1. The number of hydrogen-bond donors (Lipinski definition) is 0. The van der Waals surface area contributed by atoms with Crippen molar-refractivity contribution in [3.8, 4) is 5.69 Å². The van der Waals surface area contributed by atoms with Gasteiger partial charge in [0, 0.05) is 0 Å². The number of para-hydroxylation sites is 1. The number of fused-ring (bicyclic) bond motifs is 3. The zero-order chi connectivity index (χ0) is 23.5. The molecule has 3 aromatic carbocycles. The molecule has 2 atom stereocenters. The quantitative estimate of drug-likeness (QED) is 0.299. The van der Waals surface area contributed by atoms with Crippen LogP contribution in [0.1, 0.15) is 40.8 Å². The van der Waals surface area contributed by atoms with Crippen LogP contribution in [0.15, 0.2) is 97.3 Å². The second-order valence-electron chi connectivity index (χ2n) is 9.57. The SMILES string of the molecule is Cc1c(C)n(C2=Cc3ccccc3[CH]2[Zr+2][CH]2C=Cc3c2cccc3-n2cccc2)c2ccccc12.[Cl-].[Cl-]. The molecule has 5 heteroatoms. The molecule has 0 saturated carbocycles. The molecule has 0 bridgehead atoms. The van der Waals surface area contributed by atoms with Crippen LogP contribution in [0.4, 0.5) is 0 Å². The van der Waals surface area contributed by atoms with Gasteiger partial charge in [0.15, 0.2) is 0 Å². The third-order valence-corrected chi connectivity index (χ3v) is 12.2. The van der Waals surface area contributed by atoms with E-state index in [9.17, 15) is 0 Å². The van der Waals surface area contributed by atoms with Gasteiger partial charge < -0.3 is 24.8 Å². The smallest absolute Gasteiger partial charge is 1.00 e. The molecular formula is C32H26Cl2N2Zr. The van der Waals surface area contributed by atoms with Gasteiger partial charge >= 0.3 is 219 Å². The Morgan fingerprint density at radius 1 is 0.757 bits per heavy atom. The van der Waals surface area contributed by atoms with E-state index in [-0.39, 0.29) is 24.8 Å². The van der Waals surface area contributed by atoms with Gasteiger partial charge in [-0.25, -0.2) is 0 Å². The topological polar surface area (TPSA) is 9.86 Å². The molecule has 0 amide bonds. The maximum atomic E-state index is 2.56. The number of hydrogen-bond acceptors (Lipinski definition) is 0. The summed E-state index contributed by atoms with van der Waals surface area (Å²) < 4.78 is 5.88. The fourth-order valence-electron chi connectivity index (χ4n) is 5.90. The normalized spacial score (nSPS) is 17.0. The average Bonchev–Trinajstić information content (AvgIpc) is 3.67. The maximum Gasteiger partial charge on any atom is -1.00 e. The largest absolute Gasteiger partial charge is 1.00 e. The van der Waals surface area contributed by atoms with E-state index in [1.165, 1.54) is 55.8 Å². The fourth-order valence-corrected chi connectivity index (χ4v) is 10.4. The second kappa shape index (κ2) is 10.3. The Balaban J connectivity index is 0.00000140. The van der Waals surface area contributed by atoms with Crippen molar-refractivity contribution < 1.29 is 48.0 Å². The zero-order valence-electron chi connectivity index (χ0n) is 20.7. The van der Waals surface area contributed by atoms with E-state index in [0.717, 1.165) is 0 Å². The number of halogens is 2. The summed E-state index contributed by atoms with van der Waals surface area (Å²) in [7, 11) is 0. The first-order valence-electron chi connectivity index (χ1n) is 12.3. The minimum Gasteiger partial charge on any atom is -1.00 e. The van der Waals surface area contributed by atoms with Gasteiger partial charge in [0.25, 0.3) is 0 Å². The Morgan fingerprint density at radius 3 is 2.32 bits per heavy atom. The summed E-state index contributed by atoms with van der Waals surface area (Å²) in [6.07, 6.45) is 11.6. The molecule has 7 rings (SSSR count). The van der Waals surface area contributed by atoms with Crippen LogP contribution < -0.4 is 24.8 Å². The van der Waals surface area contributed by atoms with Gasteiger partial charge in [0.1, 0.15) is 0 Å². The van der Waals surface area contributed by atoms with Crippen molar-refractivity contribution in [3.63, 3.8) is 0 Å². The molecule has 2 aromatic heterocycles. The summed E-state index contributed by atoms with van der Waals surface area (Å²) in [6, 6.07) is 29.0. The van der Waals surface area contributed by atoms with E-state index >= 15 is 0 Å². The van der Waals surface area contributed by atoms with Crippen LogP contribution in [-0.4, -0.2) is 9.13 Å². The van der Waals surface area contributed by atoms with Crippen LogP contribution >= 0.6 is 0 Å². The van der Waals surface area contributed by atoms with Crippen molar-refractivity contribution in [2.75, 3.05) is 0 Å². The van der Waals surface area contributed by atoms with Gasteiger partial charge in [0.2, 0.25) is 0 Å². The molecule has 2 nitrogen and oxygen atoms in total. The molecule has 182 valence electrons. The predicted molar refractivity (Wildman–Crippen MR) is 142 cm³/mol. The van der Waals surface area contributed by atoms with Crippen molar-refractivity contribution in [2.24, 2.45) is 0 Å². The summed E-state index contributed by atoms with van der Waals surface area (Å²) in [6.45, 7) is 4.56. The molecule has 2 aliphatic carbocycles. The van der Waals surface area contributed by atoms with Crippen molar-refractivity contribution in [2.45, 2.75) is 21.1 Å². The van der Waals surface area contributed by atoms with Crippen LogP contribution in [0.2, 0.25) is 0 Å². The van der Waals surface area contributed by atoms with Crippen LogP contribution in [0.3, 0.4) is 0 Å². The Kier molecular flexibility index (Phi) is 7.25. The Hall–Kier alpha value is -2.58. The maximum absolute atomic E-state index is 2.56. The number of aromatic nitrogens is 2. The Morgan fingerprint density at radius 2 is 1.49 bits per heavy atom. The van der Waals surface area contributed by atoms with Crippen LogP contribution in [-0.2, 0) is 23.2 Å². The molecule has 5 aromatic rings. The van der Waals surface area contributed by atoms with Gasteiger partial charge in [0.05, 0.1) is 0 Å². The first-order chi connectivity index (χ1) is 17.2. The minimum absolute atomic E-state index is 0. The van der Waals surface area contributed by atoms with Crippen LogP contribution in [0.5, 0.6) is 0 Å². The molecule has 0 saturated heterocycles. The molecule has 2 heterocycles. The number of benzene rings is 3. The van der Waals surface area contributed by atoms with Crippen molar-refractivity contribution in [1.29, 1.82) is 0 Å². The molecule has 0 spiro atoms. The average molecular weight is 601 g/mol. The molecule has 2 aliphatic rings. The second-order valence-corrected chi connectivity index (χ2v) is 13.3. The molecule has 0 aliphatic heterocycles. The summed E-state index contributed by atoms with van der Waals surface area (Å²) in [5.74, 6) is 0. The van der Waals surface area contributed by atoms with Gasteiger partial charge in [-0.1, -0.05) is 0 Å². The van der Waals surface area contributed by atoms with Gasteiger partial charge in [-0.2, -0.15) is 0 Å². The van der Waals surface area contributed by atoms with Crippen molar-refractivity contribution in [3.05, 3.63) is 131 Å². The van der Waals surface area contributed by atoms with E-state index in [0.29, 0.717) is 7.25 Å². The standard InChI is InChI=1S/C19H16N.C13H10N.2ClH.Zr/c1-13-14(2)20(19-10-6-5-9-18(13)19)17-11-15-7-3-4-8-16(15)12-17;1-2-10-14(9-1)13-8-4-6-11-5-3-7-12(11)13;;;/h3-12H,1-2H3;1-10H;2*1H;/q;;;;+2/p-2. The molecule has 0 fully saturated rings. The molecular weight excluding hydrogens is 574 g/mol. The third kappa shape index (κ3) is 4.13. The summed E-state index contributed by atoms with van der Waals surface area (Å²) >= 11 is -0.954. The number of nitrogens with zero attached hydrogens (tertiary/aromatic N) is 2. The summed E-state index contributed by atoms with van der Waals surface area (Å²) in [5.41, 5.74) is 12.7. The minimum atomic E-state index is -0.954. The van der Waals surface area contributed by atoms with Crippen molar-refractivity contribution in [1.82, 2.24) is 9.13 Å². The zero-order valence-corrected chi connectivity index (χ0v) is 24.7. The van der Waals surface area contributed by atoms with E-state index in [1.54, 1.807) is 0 Å². The Labute approximate surface area is 242 Å². The van der Waals surface area contributed by atoms with E-state index in [4.69, 9.17) is 0 Å². The third-order valence-electron chi connectivity index (χ3n) is 7.73. The first kappa shape index (κ1) is 26.0. The van der Waals surface area contributed by atoms with Gasteiger partial charge in [-0.3, -0.25) is 0 Å². The van der Waals surface area contributed by atoms with Gasteiger partial charge in [-0.05, 0) is 0 Å². The molecule has 0 radical (unpaired) electrons. The summed E-state index contributed by atoms with van der Waals surface area (Å²) in [4.78, 5) is 0. The number of rotatable bonds is 4. The fraction of sp³-hybridized carbons (Fsp3) is 0.125. The Bertz CT molecular complexity index is 1660. The molecule has 2 unspecified atom stereocenters. The van der Waals surface area contributed by atoms with Crippen LogP contribution in [0, 0.1) is 13.8 Å². The molecule has 0 N–H and O–H groups in total. The predicted octanol–water partition coefficient (Wildman–Crippen LogP) is 1.96. The first-order valence-corrected chi connectivity index (χ1v) is 15.1. The van der Waals surface area contributed by atoms with Crippen LogP contribution in [0.25, 0.3) is 34.4 Å².